The number of hydrogen-bond donors (Lipinski definition) is 1. The fourth-order valence-corrected chi connectivity index (χ4v) is 3.99. The minimum absolute atomic E-state index is 0.0206. The van der Waals surface area contributed by atoms with Gasteiger partial charge in [0.2, 0.25) is 5.91 Å². The van der Waals surface area contributed by atoms with E-state index in [2.05, 4.69) is 39.0 Å². The van der Waals surface area contributed by atoms with Crippen LogP contribution in [0.3, 0.4) is 0 Å². The lowest BCUT2D eigenvalue weighted by atomic mass is 10.1. The lowest BCUT2D eigenvalue weighted by molar-refractivity contribution is -0.122. The van der Waals surface area contributed by atoms with Gasteiger partial charge in [-0.25, -0.2) is 4.98 Å². The number of benzene rings is 1. The first-order chi connectivity index (χ1) is 11.6. The van der Waals surface area contributed by atoms with Gasteiger partial charge in [-0.3, -0.25) is 14.5 Å². The number of aromatic nitrogens is 2. The van der Waals surface area contributed by atoms with E-state index in [0.29, 0.717) is 0 Å². The van der Waals surface area contributed by atoms with Crippen molar-refractivity contribution in [3.63, 3.8) is 0 Å². The zero-order valence-electron chi connectivity index (χ0n) is 13.9. The minimum Gasteiger partial charge on any atom is -0.294 e. The highest BCUT2D eigenvalue weighted by Gasteiger charge is 2.12. The van der Waals surface area contributed by atoms with E-state index >= 15 is 0 Å². The summed E-state index contributed by atoms with van der Waals surface area (Å²) in [6, 6.07) is 8.35. The third-order valence-electron chi connectivity index (χ3n) is 3.88. The van der Waals surface area contributed by atoms with Gasteiger partial charge in [-0.15, -0.1) is 11.3 Å². The van der Waals surface area contributed by atoms with E-state index in [-0.39, 0.29) is 11.8 Å². The number of carbonyl (C=O) groups excluding carboxylic acids is 1. The SMILES string of the molecule is CCC(C)C(=O)NSc1nc2cc(-c3cncc(C)c3)ccc2s1. The molecule has 0 saturated carbocycles. The van der Waals surface area contributed by atoms with E-state index < -0.39 is 0 Å². The number of hydrogen-bond acceptors (Lipinski definition) is 5. The Balaban J connectivity index is 1.80. The average Bonchev–Trinajstić information content (AvgIpc) is 3.00. The summed E-state index contributed by atoms with van der Waals surface area (Å²) in [5.74, 6) is 0.0700. The minimum atomic E-state index is 0.0206. The molecule has 1 unspecified atom stereocenters. The molecule has 0 aliphatic heterocycles. The van der Waals surface area contributed by atoms with Crippen LogP contribution >= 0.6 is 23.3 Å². The van der Waals surface area contributed by atoms with E-state index in [1.807, 2.05) is 33.2 Å². The Morgan fingerprint density at radius 2 is 2.12 bits per heavy atom. The van der Waals surface area contributed by atoms with Crippen molar-refractivity contribution in [1.82, 2.24) is 14.7 Å². The first kappa shape index (κ1) is 16.9. The molecule has 0 radical (unpaired) electrons. The lowest BCUT2D eigenvalue weighted by Crippen LogP contribution is -2.22. The van der Waals surface area contributed by atoms with Crippen LogP contribution in [0, 0.1) is 12.8 Å². The van der Waals surface area contributed by atoms with Crippen LogP contribution in [0.5, 0.6) is 0 Å². The maximum atomic E-state index is 11.9. The molecule has 0 spiro atoms. The molecule has 1 atom stereocenters. The smallest absolute Gasteiger partial charge is 0.232 e. The third kappa shape index (κ3) is 3.76. The standard InChI is InChI=1S/C18H19N3OS2/c1-4-12(3)17(22)21-24-18-20-15-8-13(5-6-16(15)23-18)14-7-11(2)9-19-10-14/h5-10,12H,4H2,1-3H3,(H,21,22). The van der Waals surface area contributed by atoms with Crippen molar-refractivity contribution in [2.24, 2.45) is 5.92 Å². The van der Waals surface area contributed by atoms with Gasteiger partial charge >= 0.3 is 0 Å². The topological polar surface area (TPSA) is 54.9 Å². The fraction of sp³-hybridized carbons (Fsp3) is 0.278. The maximum absolute atomic E-state index is 11.9. The molecule has 0 aliphatic rings. The molecule has 0 bridgehead atoms. The summed E-state index contributed by atoms with van der Waals surface area (Å²) < 4.78 is 4.84. The number of thiazole rings is 1. The Kier molecular flexibility index (Phi) is 5.16. The second kappa shape index (κ2) is 7.32. The Morgan fingerprint density at radius 3 is 2.88 bits per heavy atom. The molecular weight excluding hydrogens is 338 g/mol. The van der Waals surface area contributed by atoms with E-state index in [0.717, 1.165) is 37.7 Å². The van der Waals surface area contributed by atoms with Gasteiger partial charge in [-0.2, -0.15) is 0 Å². The third-order valence-corrected chi connectivity index (χ3v) is 5.78. The Bertz CT molecular complexity index is 876. The van der Waals surface area contributed by atoms with Crippen molar-refractivity contribution in [3.8, 4) is 11.1 Å². The molecule has 3 aromatic rings. The summed E-state index contributed by atoms with van der Waals surface area (Å²) >= 11 is 2.88. The summed E-state index contributed by atoms with van der Waals surface area (Å²) in [7, 11) is 0. The lowest BCUT2D eigenvalue weighted by Gasteiger charge is -2.06. The van der Waals surface area contributed by atoms with Crippen LogP contribution in [0.2, 0.25) is 0 Å². The van der Waals surface area contributed by atoms with Crippen LogP contribution in [0.1, 0.15) is 25.8 Å². The van der Waals surface area contributed by atoms with Crippen molar-refractivity contribution < 1.29 is 4.79 Å². The van der Waals surface area contributed by atoms with Crippen molar-refractivity contribution in [3.05, 3.63) is 42.2 Å². The van der Waals surface area contributed by atoms with E-state index in [1.54, 1.807) is 11.3 Å². The second-order valence-electron chi connectivity index (χ2n) is 5.79. The molecule has 1 amide bonds. The molecule has 1 aromatic carbocycles. The predicted octanol–water partition coefficient (Wildman–Crippen LogP) is 4.84. The quantitative estimate of drug-likeness (QED) is 0.664. The monoisotopic (exact) mass is 357 g/mol. The molecule has 124 valence electrons. The molecular formula is C18H19N3OS2. The van der Waals surface area contributed by atoms with Crippen LogP contribution in [0.25, 0.3) is 21.3 Å². The number of nitrogens with one attached hydrogen (secondary N) is 1. The Labute approximate surface area is 149 Å². The molecule has 2 aromatic heterocycles. The van der Waals surface area contributed by atoms with E-state index in [4.69, 9.17) is 0 Å². The van der Waals surface area contributed by atoms with Crippen LogP contribution in [-0.2, 0) is 4.79 Å². The number of pyridine rings is 1. The number of amides is 1. The Morgan fingerprint density at radius 1 is 1.29 bits per heavy atom. The van der Waals surface area contributed by atoms with Crippen LogP contribution in [-0.4, -0.2) is 15.9 Å². The van der Waals surface area contributed by atoms with Crippen LogP contribution in [0.15, 0.2) is 41.0 Å². The zero-order valence-corrected chi connectivity index (χ0v) is 15.5. The van der Waals surface area contributed by atoms with Gasteiger partial charge in [0.1, 0.15) is 0 Å². The highest BCUT2D eigenvalue weighted by molar-refractivity contribution is 7.99. The molecule has 2 heterocycles. The summed E-state index contributed by atoms with van der Waals surface area (Å²) in [4.78, 5) is 20.7. The first-order valence-electron chi connectivity index (χ1n) is 7.86. The number of rotatable bonds is 5. The summed E-state index contributed by atoms with van der Waals surface area (Å²) in [5.41, 5.74) is 4.27. The Hall–Kier alpha value is -1.92. The average molecular weight is 358 g/mol. The molecule has 3 rings (SSSR count). The largest absolute Gasteiger partial charge is 0.294 e. The number of fused-ring (bicyclic) bond motifs is 1. The highest BCUT2D eigenvalue weighted by atomic mass is 32.2. The summed E-state index contributed by atoms with van der Waals surface area (Å²) in [6.07, 6.45) is 4.54. The van der Waals surface area contributed by atoms with Gasteiger partial charge < -0.3 is 0 Å². The molecule has 0 fully saturated rings. The van der Waals surface area contributed by atoms with Crippen molar-refractivity contribution in [2.45, 2.75) is 31.5 Å². The van der Waals surface area contributed by atoms with Crippen molar-refractivity contribution in [1.29, 1.82) is 0 Å². The number of carbonyl (C=O) groups is 1. The second-order valence-corrected chi connectivity index (χ2v) is 7.87. The molecule has 4 nitrogen and oxygen atoms in total. The van der Waals surface area contributed by atoms with E-state index in [1.165, 1.54) is 11.9 Å². The van der Waals surface area contributed by atoms with Gasteiger partial charge in [0, 0.05) is 35.8 Å². The summed E-state index contributed by atoms with van der Waals surface area (Å²) in [6.45, 7) is 5.97. The van der Waals surface area contributed by atoms with Gasteiger partial charge in [0.15, 0.2) is 4.34 Å². The molecule has 0 aliphatic carbocycles. The van der Waals surface area contributed by atoms with Gasteiger partial charge in [-0.05, 0) is 42.7 Å². The van der Waals surface area contributed by atoms with Crippen LogP contribution in [0.4, 0.5) is 0 Å². The fourth-order valence-electron chi connectivity index (χ4n) is 2.22. The van der Waals surface area contributed by atoms with Gasteiger partial charge in [-0.1, -0.05) is 19.9 Å². The normalized spacial score (nSPS) is 12.3. The van der Waals surface area contributed by atoms with Crippen molar-refractivity contribution in [2.75, 3.05) is 0 Å². The predicted molar refractivity (Wildman–Crippen MR) is 101 cm³/mol. The van der Waals surface area contributed by atoms with Crippen LogP contribution < -0.4 is 4.72 Å². The van der Waals surface area contributed by atoms with Gasteiger partial charge in [0.05, 0.1) is 10.2 Å². The molecule has 1 N–H and O–H groups in total. The molecule has 24 heavy (non-hydrogen) atoms. The summed E-state index contributed by atoms with van der Waals surface area (Å²) in [5, 5.41) is 0. The van der Waals surface area contributed by atoms with Gasteiger partial charge in [0.25, 0.3) is 0 Å². The molecule has 6 heteroatoms. The highest BCUT2D eigenvalue weighted by Crippen LogP contribution is 2.31. The van der Waals surface area contributed by atoms with Crippen molar-refractivity contribution >= 4 is 39.4 Å². The maximum Gasteiger partial charge on any atom is 0.232 e. The van der Waals surface area contributed by atoms with E-state index in [9.17, 15) is 4.79 Å². The molecule has 0 saturated heterocycles. The number of aryl methyl sites for hydroxylation is 1. The zero-order chi connectivity index (χ0) is 17.1. The first-order valence-corrected chi connectivity index (χ1v) is 9.49. The number of nitrogens with zero attached hydrogens (tertiary/aromatic N) is 2.